The van der Waals surface area contributed by atoms with Gasteiger partial charge in [0.2, 0.25) is 5.91 Å². The summed E-state index contributed by atoms with van der Waals surface area (Å²) in [6.07, 6.45) is 13.6. The van der Waals surface area contributed by atoms with E-state index in [1.54, 1.807) is 0 Å². The first kappa shape index (κ1) is 19.5. The fraction of sp³-hybridized carbons (Fsp3) is 0.947. The van der Waals surface area contributed by atoms with E-state index in [1.807, 2.05) is 4.90 Å². The molecule has 1 saturated heterocycles. The molecule has 0 aromatic heterocycles. The van der Waals surface area contributed by atoms with Crippen LogP contribution in [0, 0.1) is 5.92 Å². The SMILES string of the molecule is CC(C)CNCCCCCCCCCCC(=O)N1CCCC1. The van der Waals surface area contributed by atoms with Crippen LogP contribution in [0.3, 0.4) is 0 Å². The Labute approximate surface area is 138 Å². The summed E-state index contributed by atoms with van der Waals surface area (Å²) < 4.78 is 0. The van der Waals surface area contributed by atoms with Crippen molar-refractivity contribution in [2.45, 2.75) is 84.5 Å². The molecule has 1 aliphatic rings. The predicted octanol–water partition coefficient (Wildman–Crippen LogP) is 4.37. The third kappa shape index (κ3) is 10.2. The summed E-state index contributed by atoms with van der Waals surface area (Å²) in [5, 5.41) is 3.50. The quantitative estimate of drug-likeness (QED) is 0.512. The molecule has 0 atom stereocenters. The number of hydrogen-bond donors (Lipinski definition) is 1. The Morgan fingerprint density at radius 1 is 0.909 bits per heavy atom. The smallest absolute Gasteiger partial charge is 0.222 e. The lowest BCUT2D eigenvalue weighted by Crippen LogP contribution is -2.27. The average Bonchev–Trinajstić information content (AvgIpc) is 3.02. The van der Waals surface area contributed by atoms with Gasteiger partial charge in [-0.15, -0.1) is 0 Å². The summed E-state index contributed by atoms with van der Waals surface area (Å²) in [6.45, 7) is 8.85. The highest BCUT2D eigenvalue weighted by Gasteiger charge is 2.16. The van der Waals surface area contributed by atoms with Crippen LogP contribution in [-0.2, 0) is 4.79 Å². The minimum Gasteiger partial charge on any atom is -0.343 e. The number of nitrogens with zero attached hydrogens (tertiary/aromatic N) is 1. The van der Waals surface area contributed by atoms with E-state index in [0.717, 1.165) is 38.4 Å². The molecule has 0 bridgehead atoms. The van der Waals surface area contributed by atoms with Gasteiger partial charge in [0.05, 0.1) is 0 Å². The van der Waals surface area contributed by atoms with E-state index in [-0.39, 0.29) is 0 Å². The van der Waals surface area contributed by atoms with Crippen LogP contribution in [0.2, 0.25) is 0 Å². The van der Waals surface area contributed by atoms with Gasteiger partial charge < -0.3 is 10.2 Å². The highest BCUT2D eigenvalue weighted by Crippen LogP contribution is 2.13. The Kier molecular flexibility index (Phi) is 11.4. The topological polar surface area (TPSA) is 32.3 Å². The van der Waals surface area contributed by atoms with Crippen LogP contribution >= 0.6 is 0 Å². The van der Waals surface area contributed by atoms with Gasteiger partial charge in [-0.25, -0.2) is 0 Å². The fourth-order valence-corrected chi connectivity index (χ4v) is 3.10. The fourth-order valence-electron chi connectivity index (χ4n) is 3.10. The summed E-state index contributed by atoms with van der Waals surface area (Å²) in [7, 11) is 0. The number of rotatable bonds is 13. The zero-order valence-electron chi connectivity index (χ0n) is 15.0. The molecule has 1 aliphatic heterocycles. The maximum atomic E-state index is 11.9. The van der Waals surface area contributed by atoms with E-state index in [1.165, 1.54) is 64.3 Å². The zero-order valence-corrected chi connectivity index (χ0v) is 15.0. The molecule has 1 N–H and O–H groups in total. The molecule has 130 valence electrons. The molecule has 1 fully saturated rings. The summed E-state index contributed by atoms with van der Waals surface area (Å²) in [5.74, 6) is 1.16. The van der Waals surface area contributed by atoms with E-state index >= 15 is 0 Å². The number of amides is 1. The van der Waals surface area contributed by atoms with Crippen molar-refractivity contribution in [3.8, 4) is 0 Å². The Bertz CT molecular complexity index is 273. The van der Waals surface area contributed by atoms with E-state index in [4.69, 9.17) is 0 Å². The molecule has 1 amide bonds. The third-order valence-electron chi connectivity index (χ3n) is 4.51. The Morgan fingerprint density at radius 3 is 2.05 bits per heavy atom. The molecule has 1 rings (SSSR count). The average molecular weight is 311 g/mol. The zero-order chi connectivity index (χ0) is 16.0. The first-order valence-corrected chi connectivity index (χ1v) is 9.68. The van der Waals surface area contributed by atoms with Crippen LogP contribution in [-0.4, -0.2) is 37.0 Å². The van der Waals surface area contributed by atoms with Gasteiger partial charge in [-0.2, -0.15) is 0 Å². The van der Waals surface area contributed by atoms with Crippen molar-refractivity contribution < 1.29 is 4.79 Å². The minimum atomic E-state index is 0.395. The maximum absolute atomic E-state index is 11.9. The number of unbranched alkanes of at least 4 members (excludes halogenated alkanes) is 7. The number of nitrogens with one attached hydrogen (secondary N) is 1. The van der Waals surface area contributed by atoms with E-state index in [9.17, 15) is 4.79 Å². The lowest BCUT2D eigenvalue weighted by atomic mass is 10.1. The van der Waals surface area contributed by atoms with E-state index in [2.05, 4.69) is 19.2 Å². The van der Waals surface area contributed by atoms with Crippen LogP contribution in [0.5, 0.6) is 0 Å². The normalized spacial score (nSPS) is 15.0. The molecular weight excluding hydrogens is 272 g/mol. The molecule has 0 spiro atoms. The van der Waals surface area contributed by atoms with Gasteiger partial charge in [0.25, 0.3) is 0 Å². The second kappa shape index (κ2) is 12.9. The van der Waals surface area contributed by atoms with Crippen LogP contribution in [0.15, 0.2) is 0 Å². The van der Waals surface area contributed by atoms with Crippen LogP contribution in [0.4, 0.5) is 0 Å². The first-order chi connectivity index (χ1) is 10.7. The standard InChI is InChI=1S/C19H38N2O/c1-18(2)17-20-14-10-8-6-4-3-5-7-9-13-19(22)21-15-11-12-16-21/h18,20H,3-17H2,1-2H3. The monoisotopic (exact) mass is 310 g/mol. The molecular formula is C19H38N2O. The van der Waals surface area contributed by atoms with Crippen LogP contribution < -0.4 is 5.32 Å². The van der Waals surface area contributed by atoms with Crippen molar-refractivity contribution in [3.05, 3.63) is 0 Å². The molecule has 0 aromatic carbocycles. The number of hydrogen-bond acceptors (Lipinski definition) is 2. The van der Waals surface area contributed by atoms with Gasteiger partial charge in [-0.3, -0.25) is 4.79 Å². The molecule has 0 saturated carbocycles. The van der Waals surface area contributed by atoms with Gasteiger partial charge in [0.1, 0.15) is 0 Å². The van der Waals surface area contributed by atoms with Gasteiger partial charge in [0, 0.05) is 19.5 Å². The first-order valence-electron chi connectivity index (χ1n) is 9.68. The van der Waals surface area contributed by atoms with Crippen molar-refractivity contribution in [1.82, 2.24) is 10.2 Å². The second-order valence-corrected chi connectivity index (χ2v) is 7.26. The van der Waals surface area contributed by atoms with Crippen LogP contribution in [0.25, 0.3) is 0 Å². The highest BCUT2D eigenvalue weighted by atomic mass is 16.2. The Morgan fingerprint density at radius 2 is 1.45 bits per heavy atom. The third-order valence-corrected chi connectivity index (χ3v) is 4.51. The molecule has 1 heterocycles. The predicted molar refractivity (Wildman–Crippen MR) is 95.1 cm³/mol. The van der Waals surface area contributed by atoms with Crippen molar-refractivity contribution in [2.24, 2.45) is 5.92 Å². The van der Waals surface area contributed by atoms with Gasteiger partial charge >= 0.3 is 0 Å². The molecule has 3 heteroatoms. The van der Waals surface area contributed by atoms with Crippen molar-refractivity contribution >= 4 is 5.91 Å². The van der Waals surface area contributed by atoms with Crippen molar-refractivity contribution in [1.29, 1.82) is 0 Å². The molecule has 0 unspecified atom stereocenters. The Balaban J connectivity index is 1.75. The molecule has 0 aliphatic carbocycles. The lowest BCUT2D eigenvalue weighted by molar-refractivity contribution is -0.130. The van der Waals surface area contributed by atoms with Gasteiger partial charge in [-0.1, -0.05) is 52.4 Å². The highest BCUT2D eigenvalue weighted by molar-refractivity contribution is 5.76. The summed E-state index contributed by atoms with van der Waals surface area (Å²) in [6, 6.07) is 0. The van der Waals surface area contributed by atoms with Crippen molar-refractivity contribution in [3.63, 3.8) is 0 Å². The number of carbonyl (C=O) groups is 1. The van der Waals surface area contributed by atoms with E-state index < -0.39 is 0 Å². The second-order valence-electron chi connectivity index (χ2n) is 7.26. The van der Waals surface area contributed by atoms with Crippen molar-refractivity contribution in [2.75, 3.05) is 26.2 Å². The molecule has 0 radical (unpaired) electrons. The minimum absolute atomic E-state index is 0.395. The summed E-state index contributed by atoms with van der Waals surface area (Å²) >= 11 is 0. The summed E-state index contributed by atoms with van der Waals surface area (Å²) in [4.78, 5) is 13.9. The number of likely N-dealkylation sites (tertiary alicyclic amines) is 1. The Hall–Kier alpha value is -0.570. The molecule has 22 heavy (non-hydrogen) atoms. The van der Waals surface area contributed by atoms with E-state index in [0.29, 0.717) is 5.91 Å². The number of carbonyl (C=O) groups excluding carboxylic acids is 1. The molecule has 3 nitrogen and oxygen atoms in total. The summed E-state index contributed by atoms with van der Waals surface area (Å²) in [5.41, 5.74) is 0. The maximum Gasteiger partial charge on any atom is 0.222 e. The van der Waals surface area contributed by atoms with Crippen LogP contribution in [0.1, 0.15) is 84.5 Å². The lowest BCUT2D eigenvalue weighted by Gasteiger charge is -2.14. The van der Waals surface area contributed by atoms with Gasteiger partial charge in [0.15, 0.2) is 0 Å². The molecule has 0 aromatic rings. The van der Waals surface area contributed by atoms with Gasteiger partial charge in [-0.05, 0) is 44.7 Å². The largest absolute Gasteiger partial charge is 0.343 e.